The molecule has 3 rings (SSSR count). The fourth-order valence-electron chi connectivity index (χ4n) is 2.50. The third kappa shape index (κ3) is 4.05. The zero-order chi connectivity index (χ0) is 18.7. The van der Waals surface area contributed by atoms with Crippen molar-refractivity contribution in [2.75, 3.05) is 4.72 Å². The second kappa shape index (κ2) is 7.20. The molecular formula is C17H21N5O3S. The van der Waals surface area contributed by atoms with Gasteiger partial charge in [0.2, 0.25) is 0 Å². The number of nitrogens with one attached hydrogen (secondary N) is 1. The lowest BCUT2D eigenvalue weighted by atomic mass is 10.2. The summed E-state index contributed by atoms with van der Waals surface area (Å²) in [5.41, 5.74) is 2.03. The van der Waals surface area contributed by atoms with Crippen LogP contribution in [0.15, 0.2) is 47.8 Å². The van der Waals surface area contributed by atoms with Crippen molar-refractivity contribution in [3.05, 3.63) is 54.1 Å². The summed E-state index contributed by atoms with van der Waals surface area (Å²) in [5, 5.41) is 8.17. The van der Waals surface area contributed by atoms with Crippen LogP contribution in [0.5, 0.6) is 5.75 Å². The fourth-order valence-corrected chi connectivity index (χ4v) is 3.75. The number of aromatic nitrogens is 4. The maximum atomic E-state index is 12.5. The van der Waals surface area contributed by atoms with Gasteiger partial charge in [0.15, 0.2) is 6.73 Å². The Balaban J connectivity index is 1.65. The van der Waals surface area contributed by atoms with Gasteiger partial charge in [-0.3, -0.25) is 9.40 Å². The Labute approximate surface area is 152 Å². The van der Waals surface area contributed by atoms with E-state index in [0.29, 0.717) is 11.4 Å². The summed E-state index contributed by atoms with van der Waals surface area (Å²) in [6, 6.07) is 7.82. The van der Waals surface area contributed by atoms with Gasteiger partial charge in [0.1, 0.15) is 10.6 Å². The van der Waals surface area contributed by atoms with E-state index in [-0.39, 0.29) is 11.6 Å². The van der Waals surface area contributed by atoms with Crippen molar-refractivity contribution in [3.63, 3.8) is 0 Å². The molecule has 138 valence electrons. The molecule has 3 aromatic rings. The van der Waals surface area contributed by atoms with Crippen molar-refractivity contribution in [2.45, 2.75) is 31.9 Å². The Morgan fingerprint density at radius 2 is 1.92 bits per heavy atom. The fraction of sp³-hybridized carbons (Fsp3) is 0.294. The molecule has 8 nitrogen and oxygen atoms in total. The Kier molecular flexibility index (Phi) is 4.99. The number of sulfonamides is 1. The van der Waals surface area contributed by atoms with Crippen LogP contribution in [0.1, 0.15) is 18.2 Å². The Hall–Kier alpha value is -2.81. The molecule has 0 atom stereocenters. The van der Waals surface area contributed by atoms with E-state index < -0.39 is 10.0 Å². The van der Waals surface area contributed by atoms with Gasteiger partial charge in [0, 0.05) is 13.2 Å². The normalized spacial score (nSPS) is 11.5. The largest absolute Gasteiger partial charge is 0.471 e. The van der Waals surface area contributed by atoms with E-state index in [1.54, 1.807) is 20.2 Å². The molecule has 2 aromatic heterocycles. The topological polar surface area (TPSA) is 91.0 Å². The molecule has 26 heavy (non-hydrogen) atoms. The molecule has 0 unspecified atom stereocenters. The first-order valence-electron chi connectivity index (χ1n) is 8.14. The SMILES string of the molecule is CCc1ccc(OCn2cc(NS(=O)(=O)c3cn(C)nc3C)cn2)cc1. The van der Waals surface area contributed by atoms with Gasteiger partial charge < -0.3 is 4.74 Å². The lowest BCUT2D eigenvalue weighted by Gasteiger charge is -2.07. The highest BCUT2D eigenvalue weighted by Gasteiger charge is 2.20. The third-order valence-electron chi connectivity index (χ3n) is 3.84. The van der Waals surface area contributed by atoms with Crippen molar-refractivity contribution in [3.8, 4) is 5.75 Å². The molecule has 2 heterocycles. The molecule has 0 saturated heterocycles. The predicted molar refractivity (Wildman–Crippen MR) is 97.4 cm³/mol. The van der Waals surface area contributed by atoms with Crippen molar-refractivity contribution in [2.24, 2.45) is 7.05 Å². The van der Waals surface area contributed by atoms with Crippen LogP contribution in [0, 0.1) is 6.92 Å². The van der Waals surface area contributed by atoms with Gasteiger partial charge in [-0.15, -0.1) is 0 Å². The van der Waals surface area contributed by atoms with Gasteiger partial charge in [-0.2, -0.15) is 10.2 Å². The number of anilines is 1. The molecule has 0 bridgehead atoms. The second-order valence-corrected chi connectivity index (χ2v) is 7.55. The third-order valence-corrected chi connectivity index (χ3v) is 5.32. The zero-order valence-corrected chi connectivity index (χ0v) is 15.7. The van der Waals surface area contributed by atoms with Gasteiger partial charge in [-0.25, -0.2) is 13.1 Å². The standard InChI is InChI=1S/C17H21N5O3S/c1-4-14-5-7-16(8-6-14)25-12-22-10-15(9-18-22)20-26(23,24)17-11-21(3)19-13(17)2/h5-11,20H,4,12H2,1-3H3. The zero-order valence-electron chi connectivity index (χ0n) is 14.9. The van der Waals surface area contributed by atoms with Crippen molar-refractivity contribution in [1.29, 1.82) is 0 Å². The first-order chi connectivity index (χ1) is 12.4. The van der Waals surface area contributed by atoms with E-state index in [2.05, 4.69) is 21.8 Å². The van der Waals surface area contributed by atoms with Crippen LogP contribution in [0.4, 0.5) is 5.69 Å². The van der Waals surface area contributed by atoms with Crippen LogP contribution in [-0.2, 0) is 30.2 Å². The number of rotatable bonds is 7. The first kappa shape index (κ1) is 18.0. The Morgan fingerprint density at radius 1 is 1.19 bits per heavy atom. The lowest BCUT2D eigenvalue weighted by molar-refractivity contribution is 0.221. The van der Waals surface area contributed by atoms with Crippen LogP contribution < -0.4 is 9.46 Å². The molecule has 0 aliphatic carbocycles. The second-order valence-electron chi connectivity index (χ2n) is 5.90. The van der Waals surface area contributed by atoms with Crippen molar-refractivity contribution >= 4 is 15.7 Å². The van der Waals surface area contributed by atoms with Crippen LogP contribution in [0.2, 0.25) is 0 Å². The van der Waals surface area contributed by atoms with Gasteiger partial charge >= 0.3 is 0 Å². The van der Waals surface area contributed by atoms with E-state index in [1.165, 1.54) is 27.3 Å². The highest BCUT2D eigenvalue weighted by Crippen LogP contribution is 2.18. The highest BCUT2D eigenvalue weighted by atomic mass is 32.2. The maximum absolute atomic E-state index is 12.5. The van der Waals surface area contributed by atoms with E-state index >= 15 is 0 Å². The number of ether oxygens (including phenoxy) is 1. The first-order valence-corrected chi connectivity index (χ1v) is 9.63. The molecule has 9 heteroatoms. The number of aryl methyl sites for hydroxylation is 3. The summed E-state index contributed by atoms with van der Waals surface area (Å²) in [6.07, 6.45) is 5.45. The monoisotopic (exact) mass is 375 g/mol. The van der Waals surface area contributed by atoms with Crippen LogP contribution in [-0.4, -0.2) is 28.0 Å². The molecule has 0 fully saturated rings. The number of hydrogen-bond acceptors (Lipinski definition) is 5. The van der Waals surface area contributed by atoms with Crippen LogP contribution in [0.3, 0.4) is 0 Å². The van der Waals surface area contributed by atoms with Gasteiger partial charge in [0.05, 0.1) is 23.8 Å². The van der Waals surface area contributed by atoms with E-state index in [1.807, 2.05) is 24.3 Å². The molecule has 1 N–H and O–H groups in total. The highest BCUT2D eigenvalue weighted by molar-refractivity contribution is 7.92. The Morgan fingerprint density at radius 3 is 2.54 bits per heavy atom. The number of nitrogens with zero attached hydrogens (tertiary/aromatic N) is 4. The van der Waals surface area contributed by atoms with Gasteiger partial charge in [-0.1, -0.05) is 19.1 Å². The summed E-state index contributed by atoms with van der Waals surface area (Å²) in [5.74, 6) is 0.728. The van der Waals surface area contributed by atoms with Crippen LogP contribution in [0.25, 0.3) is 0 Å². The minimum absolute atomic E-state index is 0.139. The molecule has 0 radical (unpaired) electrons. The summed E-state index contributed by atoms with van der Waals surface area (Å²) >= 11 is 0. The van der Waals surface area contributed by atoms with Crippen LogP contribution >= 0.6 is 0 Å². The lowest BCUT2D eigenvalue weighted by Crippen LogP contribution is -2.13. The summed E-state index contributed by atoms with van der Waals surface area (Å²) < 4.78 is 36.0. The molecule has 0 aliphatic heterocycles. The van der Waals surface area contributed by atoms with E-state index in [9.17, 15) is 8.42 Å². The minimum Gasteiger partial charge on any atom is -0.471 e. The number of hydrogen-bond donors (Lipinski definition) is 1. The van der Waals surface area contributed by atoms with E-state index in [0.717, 1.165) is 12.2 Å². The van der Waals surface area contributed by atoms with Crippen molar-refractivity contribution in [1.82, 2.24) is 19.6 Å². The van der Waals surface area contributed by atoms with Gasteiger partial charge in [0.25, 0.3) is 10.0 Å². The maximum Gasteiger partial charge on any atom is 0.265 e. The average molecular weight is 375 g/mol. The number of benzene rings is 1. The minimum atomic E-state index is -3.71. The molecule has 0 spiro atoms. The summed E-state index contributed by atoms with van der Waals surface area (Å²) in [7, 11) is -2.04. The molecule has 1 aromatic carbocycles. The summed E-state index contributed by atoms with van der Waals surface area (Å²) in [4.78, 5) is 0.139. The molecule has 0 saturated carbocycles. The summed E-state index contributed by atoms with van der Waals surface area (Å²) in [6.45, 7) is 3.92. The smallest absolute Gasteiger partial charge is 0.265 e. The van der Waals surface area contributed by atoms with Gasteiger partial charge in [-0.05, 0) is 31.0 Å². The molecule has 0 amide bonds. The quantitative estimate of drug-likeness (QED) is 0.684. The molecule has 0 aliphatic rings. The average Bonchev–Trinajstić information content (AvgIpc) is 3.19. The molecular weight excluding hydrogens is 354 g/mol. The predicted octanol–water partition coefficient (Wildman–Crippen LogP) is 2.32. The van der Waals surface area contributed by atoms with E-state index in [4.69, 9.17) is 4.74 Å². The van der Waals surface area contributed by atoms with Crippen molar-refractivity contribution < 1.29 is 13.2 Å². The Bertz CT molecular complexity index is 990.